The van der Waals surface area contributed by atoms with E-state index in [0.717, 1.165) is 49.2 Å². The van der Waals surface area contributed by atoms with Crippen molar-refractivity contribution in [1.82, 2.24) is 14.8 Å². The zero-order valence-electron chi connectivity index (χ0n) is 12.7. The minimum absolute atomic E-state index is 0.115. The number of aliphatic hydroxyl groups is 1. The van der Waals surface area contributed by atoms with E-state index >= 15 is 0 Å². The molecule has 0 amide bonds. The number of halogens is 1. The van der Waals surface area contributed by atoms with Crippen LogP contribution in [0.3, 0.4) is 0 Å². The monoisotopic (exact) mass is 320 g/mol. The van der Waals surface area contributed by atoms with E-state index in [2.05, 4.69) is 15.4 Å². The average Bonchev–Trinajstić information content (AvgIpc) is 2.93. The Hall–Kier alpha value is -1.59. The lowest BCUT2D eigenvalue weighted by atomic mass is 9.87. The van der Waals surface area contributed by atoms with Gasteiger partial charge in [-0.05, 0) is 43.7 Å². The summed E-state index contributed by atoms with van der Waals surface area (Å²) in [5.74, 6) is 0.590. The van der Waals surface area contributed by atoms with Crippen LogP contribution >= 0.6 is 11.6 Å². The Morgan fingerprint density at radius 2 is 2.14 bits per heavy atom. The second-order valence-corrected chi connectivity index (χ2v) is 6.37. The summed E-state index contributed by atoms with van der Waals surface area (Å²) in [4.78, 5) is 4.17. The van der Waals surface area contributed by atoms with Crippen molar-refractivity contribution in [3.63, 3.8) is 0 Å². The molecular formula is C16H21ClN4O. The largest absolute Gasteiger partial charge is 0.393 e. The van der Waals surface area contributed by atoms with Crippen molar-refractivity contribution in [2.75, 3.05) is 11.9 Å². The van der Waals surface area contributed by atoms with E-state index in [1.807, 2.05) is 25.4 Å². The highest BCUT2D eigenvalue weighted by Gasteiger charge is 2.19. The fraction of sp³-hybridized carbons (Fsp3) is 0.500. The number of nitrogens with zero attached hydrogens (tertiary/aromatic N) is 3. The van der Waals surface area contributed by atoms with E-state index in [1.54, 1.807) is 10.9 Å². The van der Waals surface area contributed by atoms with Gasteiger partial charge in [-0.25, -0.2) is 4.98 Å². The summed E-state index contributed by atoms with van der Waals surface area (Å²) in [6.07, 6.45) is 7.48. The summed E-state index contributed by atoms with van der Waals surface area (Å²) in [6, 6.07) is 3.82. The van der Waals surface area contributed by atoms with Crippen LogP contribution in [0.5, 0.6) is 0 Å². The molecule has 0 unspecified atom stereocenters. The first-order valence-corrected chi connectivity index (χ1v) is 8.07. The molecule has 22 heavy (non-hydrogen) atoms. The van der Waals surface area contributed by atoms with Gasteiger partial charge >= 0.3 is 0 Å². The molecule has 1 aliphatic carbocycles. The normalized spacial score (nSPS) is 21.8. The van der Waals surface area contributed by atoms with Crippen LogP contribution in [0.1, 0.15) is 25.7 Å². The van der Waals surface area contributed by atoms with E-state index in [4.69, 9.17) is 11.6 Å². The molecular weight excluding hydrogens is 300 g/mol. The van der Waals surface area contributed by atoms with Crippen molar-refractivity contribution in [1.29, 1.82) is 0 Å². The van der Waals surface area contributed by atoms with E-state index < -0.39 is 0 Å². The molecule has 2 aromatic heterocycles. The van der Waals surface area contributed by atoms with Crippen LogP contribution in [0, 0.1) is 5.92 Å². The Bertz CT molecular complexity index is 635. The molecule has 0 aromatic carbocycles. The van der Waals surface area contributed by atoms with Gasteiger partial charge in [-0.15, -0.1) is 0 Å². The average molecular weight is 321 g/mol. The molecule has 0 aliphatic heterocycles. The predicted molar refractivity (Wildman–Crippen MR) is 87.9 cm³/mol. The molecule has 0 radical (unpaired) electrons. The van der Waals surface area contributed by atoms with Crippen molar-refractivity contribution in [3.05, 3.63) is 29.7 Å². The maximum absolute atomic E-state index is 9.59. The predicted octanol–water partition coefficient (Wildman–Crippen LogP) is 3.10. The fourth-order valence-corrected chi connectivity index (χ4v) is 3.10. The van der Waals surface area contributed by atoms with Gasteiger partial charge in [0.1, 0.15) is 5.15 Å². The van der Waals surface area contributed by atoms with Gasteiger partial charge in [0.25, 0.3) is 0 Å². The van der Waals surface area contributed by atoms with Crippen molar-refractivity contribution < 1.29 is 5.11 Å². The molecule has 5 nitrogen and oxygen atoms in total. The zero-order chi connectivity index (χ0) is 15.5. The summed E-state index contributed by atoms with van der Waals surface area (Å²) in [7, 11) is 1.90. The summed E-state index contributed by atoms with van der Waals surface area (Å²) >= 11 is 6.04. The Labute approximate surface area is 135 Å². The molecule has 2 heterocycles. The highest BCUT2D eigenvalue weighted by molar-refractivity contribution is 6.29. The second-order valence-electron chi connectivity index (χ2n) is 5.98. The van der Waals surface area contributed by atoms with Gasteiger partial charge in [-0.3, -0.25) is 4.68 Å². The van der Waals surface area contributed by atoms with Crippen LogP contribution in [-0.2, 0) is 7.05 Å². The second kappa shape index (κ2) is 6.67. The molecule has 0 atom stereocenters. The third kappa shape index (κ3) is 3.59. The van der Waals surface area contributed by atoms with Crippen LogP contribution in [0.4, 0.5) is 5.69 Å². The number of anilines is 1. The molecule has 1 fully saturated rings. The summed E-state index contributed by atoms with van der Waals surface area (Å²) in [5, 5.41) is 18.0. The van der Waals surface area contributed by atoms with Gasteiger partial charge in [0.15, 0.2) is 0 Å². The Kier molecular flexibility index (Phi) is 4.64. The lowest BCUT2D eigenvalue weighted by molar-refractivity contribution is 0.111. The molecule has 118 valence electrons. The molecule has 0 bridgehead atoms. The van der Waals surface area contributed by atoms with Crippen LogP contribution in [0.25, 0.3) is 11.3 Å². The third-order valence-electron chi connectivity index (χ3n) is 4.26. The lowest BCUT2D eigenvalue weighted by Crippen LogP contribution is -2.23. The zero-order valence-corrected chi connectivity index (χ0v) is 13.4. The van der Waals surface area contributed by atoms with E-state index in [1.165, 1.54) is 0 Å². The first-order chi connectivity index (χ1) is 10.6. The van der Waals surface area contributed by atoms with Crippen molar-refractivity contribution in [2.24, 2.45) is 13.0 Å². The van der Waals surface area contributed by atoms with Crippen molar-refractivity contribution in [2.45, 2.75) is 31.8 Å². The van der Waals surface area contributed by atoms with Crippen LogP contribution in [-0.4, -0.2) is 32.5 Å². The summed E-state index contributed by atoms with van der Waals surface area (Å²) < 4.78 is 1.77. The van der Waals surface area contributed by atoms with Crippen LogP contribution < -0.4 is 5.32 Å². The number of aryl methyl sites for hydroxylation is 1. The molecule has 0 spiro atoms. The van der Waals surface area contributed by atoms with Gasteiger partial charge in [0, 0.05) is 37.2 Å². The molecule has 2 N–H and O–H groups in total. The maximum Gasteiger partial charge on any atom is 0.131 e. The Morgan fingerprint density at radius 3 is 2.82 bits per heavy atom. The van der Waals surface area contributed by atoms with Gasteiger partial charge in [0.2, 0.25) is 0 Å². The van der Waals surface area contributed by atoms with Crippen LogP contribution in [0.15, 0.2) is 24.5 Å². The smallest absolute Gasteiger partial charge is 0.131 e. The standard InChI is InChI=1S/C16H21ClN4O/c1-21-7-6-14(20-21)13-10-19-16(17)8-15(13)18-9-11-2-4-12(22)5-3-11/h6-8,10-12,22H,2-5,9H2,1H3,(H,18,19). The minimum Gasteiger partial charge on any atom is -0.393 e. The SMILES string of the molecule is Cn1ccc(-c2cnc(Cl)cc2NCC2CCC(O)CC2)n1. The van der Waals surface area contributed by atoms with Crippen molar-refractivity contribution in [3.8, 4) is 11.3 Å². The van der Waals surface area contributed by atoms with E-state index in [-0.39, 0.29) is 6.10 Å². The summed E-state index contributed by atoms with van der Waals surface area (Å²) in [6.45, 7) is 0.882. The third-order valence-corrected chi connectivity index (χ3v) is 4.46. The number of hydrogen-bond donors (Lipinski definition) is 2. The van der Waals surface area contributed by atoms with Gasteiger partial charge in [-0.2, -0.15) is 5.10 Å². The number of aliphatic hydroxyl groups excluding tert-OH is 1. The summed E-state index contributed by atoms with van der Waals surface area (Å²) in [5.41, 5.74) is 2.80. The number of pyridine rings is 1. The Morgan fingerprint density at radius 1 is 1.36 bits per heavy atom. The fourth-order valence-electron chi connectivity index (χ4n) is 2.94. The van der Waals surface area contributed by atoms with E-state index in [9.17, 15) is 5.11 Å². The first-order valence-electron chi connectivity index (χ1n) is 7.69. The van der Waals surface area contributed by atoms with Crippen LogP contribution in [0.2, 0.25) is 5.15 Å². The highest BCUT2D eigenvalue weighted by Crippen LogP contribution is 2.30. The number of rotatable bonds is 4. The quantitative estimate of drug-likeness (QED) is 0.850. The van der Waals surface area contributed by atoms with Gasteiger partial charge in [0.05, 0.1) is 11.8 Å². The molecule has 2 aromatic rings. The minimum atomic E-state index is -0.115. The van der Waals surface area contributed by atoms with Gasteiger partial charge in [-0.1, -0.05) is 11.6 Å². The molecule has 1 aliphatic rings. The lowest BCUT2D eigenvalue weighted by Gasteiger charge is -2.26. The molecule has 1 saturated carbocycles. The maximum atomic E-state index is 9.59. The molecule has 6 heteroatoms. The number of nitrogens with one attached hydrogen (secondary N) is 1. The topological polar surface area (TPSA) is 63.0 Å². The van der Waals surface area contributed by atoms with Crippen molar-refractivity contribution >= 4 is 17.3 Å². The molecule has 0 saturated heterocycles. The first kappa shape index (κ1) is 15.3. The van der Waals surface area contributed by atoms with E-state index in [0.29, 0.717) is 11.1 Å². The number of aromatic nitrogens is 3. The Balaban J connectivity index is 1.73. The molecule has 3 rings (SSSR count). The number of hydrogen-bond acceptors (Lipinski definition) is 4. The highest BCUT2D eigenvalue weighted by atomic mass is 35.5. The van der Waals surface area contributed by atoms with Gasteiger partial charge < -0.3 is 10.4 Å².